The number of nitrogens with one attached hydrogen (secondary N) is 2. The lowest BCUT2D eigenvalue weighted by molar-refractivity contribution is -0.122. The number of sulfone groups is 1. The monoisotopic (exact) mass is 471 g/mol. The zero-order valence-electron chi connectivity index (χ0n) is 17.9. The van der Waals surface area contributed by atoms with Crippen molar-refractivity contribution in [2.24, 2.45) is 5.73 Å². The van der Waals surface area contributed by atoms with Crippen LogP contribution < -0.4 is 15.8 Å². The summed E-state index contributed by atoms with van der Waals surface area (Å²) in [5.74, 6) is -0.641. The average Bonchev–Trinajstić information content (AvgIpc) is 3.26. The Hall–Kier alpha value is -3.37. The van der Waals surface area contributed by atoms with E-state index >= 15 is 0 Å². The Kier molecular flexibility index (Phi) is 6.39. The van der Waals surface area contributed by atoms with Crippen molar-refractivity contribution in [3.8, 4) is 5.75 Å². The van der Waals surface area contributed by atoms with Gasteiger partial charge in [-0.05, 0) is 43.2 Å². The van der Waals surface area contributed by atoms with E-state index in [0.717, 1.165) is 10.9 Å². The van der Waals surface area contributed by atoms with Gasteiger partial charge in [0, 0.05) is 30.3 Å². The number of benzene rings is 2. The number of carbonyl (C=O) groups excluding carboxylic acids is 2. The molecule has 0 saturated carbocycles. The Labute approximate surface area is 191 Å². The summed E-state index contributed by atoms with van der Waals surface area (Å²) in [6, 6.07) is 13.4. The number of hydrogen-bond donors (Lipinski definition) is 3. The largest absolute Gasteiger partial charge is 0.492 e. The van der Waals surface area contributed by atoms with Gasteiger partial charge in [-0.1, -0.05) is 18.2 Å². The molecule has 1 aliphatic heterocycles. The minimum absolute atomic E-state index is 0.00295. The summed E-state index contributed by atoms with van der Waals surface area (Å²) in [7, 11) is -3.99. The van der Waals surface area contributed by atoms with E-state index in [4.69, 9.17) is 15.2 Å². The molecule has 0 bridgehead atoms. The lowest BCUT2D eigenvalue weighted by Gasteiger charge is -2.33. The van der Waals surface area contributed by atoms with E-state index in [9.17, 15) is 18.0 Å². The van der Waals surface area contributed by atoms with E-state index in [1.165, 1.54) is 24.3 Å². The summed E-state index contributed by atoms with van der Waals surface area (Å²) in [4.78, 5) is 27.6. The fourth-order valence-electron chi connectivity index (χ4n) is 3.98. The Bertz CT molecular complexity index is 1260. The van der Waals surface area contributed by atoms with Crippen molar-refractivity contribution in [2.75, 3.05) is 26.4 Å². The van der Waals surface area contributed by atoms with Crippen molar-refractivity contribution in [3.63, 3.8) is 0 Å². The molecule has 0 spiro atoms. The van der Waals surface area contributed by atoms with Crippen LogP contribution in [0.5, 0.6) is 5.75 Å². The summed E-state index contributed by atoms with van der Waals surface area (Å²) in [6.45, 7) is 0.785. The van der Waals surface area contributed by atoms with Gasteiger partial charge in [-0.3, -0.25) is 9.59 Å². The van der Waals surface area contributed by atoms with Crippen molar-refractivity contribution in [1.82, 2.24) is 10.3 Å². The van der Waals surface area contributed by atoms with Gasteiger partial charge in [0.1, 0.15) is 12.4 Å². The number of aromatic amines is 1. The molecule has 4 N–H and O–H groups in total. The highest BCUT2D eigenvalue weighted by Crippen LogP contribution is 2.35. The van der Waals surface area contributed by atoms with Crippen LogP contribution in [0.4, 0.5) is 0 Å². The van der Waals surface area contributed by atoms with Crippen molar-refractivity contribution in [3.05, 3.63) is 60.3 Å². The Morgan fingerprint density at radius 2 is 1.79 bits per heavy atom. The third-order valence-electron chi connectivity index (χ3n) is 5.89. The van der Waals surface area contributed by atoms with E-state index in [1.54, 1.807) is 6.20 Å². The van der Waals surface area contributed by atoms with E-state index < -0.39 is 20.5 Å². The molecule has 10 heteroatoms. The number of amides is 2. The standard InChI is InChI=1S/C23H25N3O6S/c24-22(28)23(9-12-31-13-10-23)33(29,30)17-7-5-16(6-8-17)32-14-11-25-21(27)19-15-26-20-4-2-1-3-18(19)20/h1-8,15,26H,9-14H2,(H2,24,28)(H,25,27). The second kappa shape index (κ2) is 9.24. The molecule has 0 radical (unpaired) electrons. The van der Waals surface area contributed by atoms with Gasteiger partial charge in [-0.25, -0.2) is 8.42 Å². The lowest BCUT2D eigenvalue weighted by atomic mass is 9.98. The topological polar surface area (TPSA) is 141 Å². The number of aromatic nitrogens is 1. The van der Waals surface area contributed by atoms with E-state index in [0.29, 0.717) is 11.3 Å². The smallest absolute Gasteiger partial charge is 0.253 e. The average molecular weight is 472 g/mol. The molecule has 0 atom stereocenters. The van der Waals surface area contributed by atoms with Gasteiger partial charge in [0.15, 0.2) is 14.6 Å². The Balaban J connectivity index is 1.35. The van der Waals surface area contributed by atoms with Crippen LogP contribution in [0, 0.1) is 0 Å². The maximum absolute atomic E-state index is 13.2. The number of para-hydroxylation sites is 1. The molecule has 9 nitrogen and oxygen atoms in total. The SMILES string of the molecule is NC(=O)C1(S(=O)(=O)c2ccc(OCCNC(=O)c3c[nH]c4ccccc34)cc2)CCOCC1. The molecule has 0 aliphatic carbocycles. The molecule has 0 unspecified atom stereocenters. The molecule has 3 aromatic rings. The van der Waals surface area contributed by atoms with Crippen LogP contribution in [0.3, 0.4) is 0 Å². The first-order valence-corrected chi connectivity index (χ1v) is 12.0. The molecule has 33 heavy (non-hydrogen) atoms. The number of primary amides is 1. The van der Waals surface area contributed by atoms with Gasteiger partial charge >= 0.3 is 0 Å². The van der Waals surface area contributed by atoms with E-state index in [2.05, 4.69) is 10.3 Å². The van der Waals surface area contributed by atoms with Gasteiger partial charge in [-0.15, -0.1) is 0 Å². The van der Waals surface area contributed by atoms with Gasteiger partial charge < -0.3 is 25.5 Å². The van der Waals surface area contributed by atoms with Gasteiger partial charge in [0.05, 0.1) is 17.0 Å². The normalized spacial score (nSPS) is 15.8. The van der Waals surface area contributed by atoms with Gasteiger partial charge in [0.25, 0.3) is 5.91 Å². The number of nitrogens with two attached hydrogens (primary N) is 1. The van der Waals surface area contributed by atoms with Gasteiger partial charge in [0.2, 0.25) is 5.91 Å². The van der Waals surface area contributed by atoms with Crippen molar-refractivity contribution < 1.29 is 27.5 Å². The second-order valence-corrected chi connectivity index (χ2v) is 10.1. The van der Waals surface area contributed by atoms with Crippen LogP contribution in [-0.4, -0.2) is 56.3 Å². The molecule has 1 aromatic heterocycles. The van der Waals surface area contributed by atoms with Crippen LogP contribution in [0.1, 0.15) is 23.2 Å². The number of rotatable bonds is 8. The van der Waals surface area contributed by atoms with E-state index in [1.807, 2.05) is 24.3 Å². The van der Waals surface area contributed by atoms with Gasteiger partial charge in [-0.2, -0.15) is 0 Å². The molecule has 4 rings (SSSR count). The van der Waals surface area contributed by atoms with Crippen LogP contribution in [0.15, 0.2) is 59.6 Å². The molecular formula is C23H25N3O6S. The highest BCUT2D eigenvalue weighted by molar-refractivity contribution is 7.93. The molecule has 2 heterocycles. The maximum Gasteiger partial charge on any atom is 0.253 e. The van der Waals surface area contributed by atoms with Crippen molar-refractivity contribution >= 4 is 32.6 Å². The van der Waals surface area contributed by atoms with Crippen LogP contribution in [-0.2, 0) is 19.4 Å². The molecule has 2 aromatic carbocycles. The maximum atomic E-state index is 13.2. The zero-order valence-corrected chi connectivity index (χ0v) is 18.7. The highest BCUT2D eigenvalue weighted by Gasteiger charge is 2.51. The zero-order chi connectivity index (χ0) is 23.5. The molecule has 1 aliphatic rings. The van der Waals surface area contributed by atoms with Crippen LogP contribution in [0.25, 0.3) is 10.9 Å². The lowest BCUT2D eigenvalue weighted by Crippen LogP contribution is -2.53. The third kappa shape index (κ3) is 4.31. The number of carbonyl (C=O) groups is 2. The molecule has 174 valence electrons. The number of ether oxygens (including phenoxy) is 2. The first kappa shape index (κ1) is 22.8. The van der Waals surface area contributed by atoms with Crippen LogP contribution in [0.2, 0.25) is 0 Å². The fourth-order valence-corrected chi connectivity index (χ4v) is 5.89. The highest BCUT2D eigenvalue weighted by atomic mass is 32.2. The first-order chi connectivity index (χ1) is 15.8. The summed E-state index contributed by atoms with van der Waals surface area (Å²) < 4.78 is 35.5. The number of fused-ring (bicyclic) bond motifs is 1. The second-order valence-electron chi connectivity index (χ2n) is 7.80. The molecule has 1 fully saturated rings. The predicted octanol–water partition coefficient (Wildman–Crippen LogP) is 1.78. The van der Waals surface area contributed by atoms with Crippen molar-refractivity contribution in [2.45, 2.75) is 22.5 Å². The minimum Gasteiger partial charge on any atom is -0.492 e. The first-order valence-electron chi connectivity index (χ1n) is 10.5. The van der Waals surface area contributed by atoms with Crippen molar-refractivity contribution in [1.29, 1.82) is 0 Å². The van der Waals surface area contributed by atoms with E-state index in [-0.39, 0.29) is 50.0 Å². The number of H-pyrrole nitrogens is 1. The summed E-state index contributed by atoms with van der Waals surface area (Å²) in [5, 5.41) is 3.64. The van der Waals surface area contributed by atoms with Crippen LogP contribution >= 0.6 is 0 Å². The molecular weight excluding hydrogens is 446 g/mol. The quantitative estimate of drug-likeness (QED) is 0.428. The summed E-state index contributed by atoms with van der Waals surface area (Å²) >= 11 is 0. The fraction of sp³-hybridized carbons (Fsp3) is 0.304. The Morgan fingerprint density at radius 3 is 2.48 bits per heavy atom. The molecule has 2 amide bonds. The predicted molar refractivity (Wildman–Crippen MR) is 122 cm³/mol. The third-order valence-corrected chi connectivity index (χ3v) is 8.42. The summed E-state index contributed by atoms with van der Waals surface area (Å²) in [5.41, 5.74) is 6.93. The Morgan fingerprint density at radius 1 is 1.09 bits per heavy atom. The number of hydrogen-bond acceptors (Lipinski definition) is 6. The minimum atomic E-state index is -3.99. The molecule has 1 saturated heterocycles. The summed E-state index contributed by atoms with van der Waals surface area (Å²) in [6.07, 6.45) is 1.72.